The summed E-state index contributed by atoms with van der Waals surface area (Å²) in [6.07, 6.45) is 3.31. The molecule has 0 bridgehead atoms. The molecule has 1 aliphatic heterocycles. The zero-order valence-electron chi connectivity index (χ0n) is 21.8. The summed E-state index contributed by atoms with van der Waals surface area (Å²) in [5.41, 5.74) is 5.17. The number of allylic oxidation sites excluding steroid dienone is 4. The molecule has 0 fully saturated rings. The van der Waals surface area contributed by atoms with Gasteiger partial charge in [0.2, 0.25) is 0 Å². The maximum absolute atomic E-state index is 13.4. The van der Waals surface area contributed by atoms with E-state index < -0.39 is 10.8 Å². The van der Waals surface area contributed by atoms with E-state index in [1.807, 2.05) is 32.0 Å². The third-order valence-electron chi connectivity index (χ3n) is 7.03. The number of Topliss-reactive ketones (excluding diaryl/α,β-unsaturated/α-hetero) is 1. The SMILES string of the molecule is CCCC1CC(=O)C2=C(C1)NC(C)=C(C#N)C2c1cc(Br)c(NCc2cccc([N+](=O)[O-])c2)c(OCC)c1. The summed E-state index contributed by atoms with van der Waals surface area (Å²) in [5.74, 6) is 0.490. The van der Waals surface area contributed by atoms with Crippen molar-refractivity contribution >= 4 is 33.1 Å². The van der Waals surface area contributed by atoms with Gasteiger partial charge in [0.1, 0.15) is 5.75 Å². The summed E-state index contributed by atoms with van der Waals surface area (Å²) in [4.78, 5) is 24.2. The molecule has 0 saturated heterocycles. The van der Waals surface area contributed by atoms with E-state index in [4.69, 9.17) is 4.74 Å². The lowest BCUT2D eigenvalue weighted by Gasteiger charge is -2.35. The first-order valence-corrected chi connectivity index (χ1v) is 13.6. The lowest BCUT2D eigenvalue weighted by Crippen LogP contribution is -2.34. The molecule has 0 spiro atoms. The van der Waals surface area contributed by atoms with Gasteiger partial charge >= 0.3 is 0 Å². The molecule has 2 unspecified atom stereocenters. The van der Waals surface area contributed by atoms with Crippen LogP contribution in [0.25, 0.3) is 0 Å². The number of rotatable bonds is 9. The molecular weight excluding hydrogens is 548 g/mol. The van der Waals surface area contributed by atoms with Crippen molar-refractivity contribution in [2.75, 3.05) is 11.9 Å². The zero-order valence-corrected chi connectivity index (χ0v) is 23.4. The van der Waals surface area contributed by atoms with Gasteiger partial charge in [-0.2, -0.15) is 5.26 Å². The van der Waals surface area contributed by atoms with Gasteiger partial charge in [-0.3, -0.25) is 14.9 Å². The van der Waals surface area contributed by atoms with E-state index in [0.29, 0.717) is 52.5 Å². The molecule has 0 saturated carbocycles. The topological polar surface area (TPSA) is 117 Å². The number of nitrogens with zero attached hydrogens (tertiary/aromatic N) is 2. The van der Waals surface area contributed by atoms with Gasteiger partial charge in [0.15, 0.2) is 5.78 Å². The number of carbonyl (C=O) groups excluding carboxylic acids is 1. The number of anilines is 1. The van der Waals surface area contributed by atoms with E-state index in [2.05, 4.69) is 39.6 Å². The number of nitrogens with one attached hydrogen (secondary N) is 2. The molecule has 2 aromatic carbocycles. The van der Waals surface area contributed by atoms with E-state index in [1.54, 1.807) is 6.07 Å². The number of benzene rings is 2. The van der Waals surface area contributed by atoms with E-state index >= 15 is 0 Å². The smallest absolute Gasteiger partial charge is 0.269 e. The van der Waals surface area contributed by atoms with Crippen molar-refractivity contribution in [3.05, 3.63) is 84.7 Å². The highest BCUT2D eigenvalue weighted by atomic mass is 79.9. The van der Waals surface area contributed by atoms with E-state index in [9.17, 15) is 20.2 Å². The van der Waals surface area contributed by atoms with Crippen LogP contribution in [0.4, 0.5) is 11.4 Å². The molecule has 8 nitrogen and oxygen atoms in total. The number of ketones is 1. The molecule has 9 heteroatoms. The number of carbonyl (C=O) groups is 1. The molecule has 0 radical (unpaired) electrons. The van der Waals surface area contributed by atoms with Gasteiger partial charge in [0.05, 0.1) is 34.8 Å². The van der Waals surface area contributed by atoms with Gasteiger partial charge < -0.3 is 15.4 Å². The van der Waals surface area contributed by atoms with Crippen LogP contribution in [0.5, 0.6) is 5.75 Å². The molecule has 2 aromatic rings. The maximum atomic E-state index is 13.4. The Balaban J connectivity index is 1.73. The number of hydrogen-bond donors (Lipinski definition) is 2. The molecule has 198 valence electrons. The van der Waals surface area contributed by atoms with Crippen LogP contribution in [0, 0.1) is 27.4 Å². The molecule has 0 amide bonds. The van der Waals surface area contributed by atoms with Crippen molar-refractivity contribution in [1.29, 1.82) is 5.26 Å². The second-order valence-electron chi connectivity index (χ2n) is 9.68. The van der Waals surface area contributed by atoms with Crippen molar-refractivity contribution in [3.8, 4) is 11.8 Å². The zero-order chi connectivity index (χ0) is 27.4. The Morgan fingerprint density at radius 3 is 2.74 bits per heavy atom. The Kier molecular flexibility index (Phi) is 8.52. The van der Waals surface area contributed by atoms with Gasteiger partial charge in [0, 0.05) is 46.5 Å². The van der Waals surface area contributed by atoms with Crippen LogP contribution in [0.15, 0.2) is 63.4 Å². The monoisotopic (exact) mass is 578 g/mol. The molecule has 38 heavy (non-hydrogen) atoms. The highest BCUT2D eigenvalue weighted by Gasteiger charge is 2.38. The second-order valence-corrected chi connectivity index (χ2v) is 10.5. The van der Waals surface area contributed by atoms with Crippen molar-refractivity contribution in [2.24, 2.45) is 5.92 Å². The second kappa shape index (κ2) is 11.8. The fourth-order valence-electron chi connectivity index (χ4n) is 5.39. The summed E-state index contributed by atoms with van der Waals surface area (Å²) in [7, 11) is 0. The lowest BCUT2D eigenvalue weighted by molar-refractivity contribution is -0.384. The van der Waals surface area contributed by atoms with E-state index in [-0.39, 0.29) is 11.5 Å². The largest absolute Gasteiger partial charge is 0.492 e. The Morgan fingerprint density at radius 1 is 1.26 bits per heavy atom. The third kappa shape index (κ3) is 5.60. The summed E-state index contributed by atoms with van der Waals surface area (Å²) in [6.45, 7) is 6.67. The molecule has 1 heterocycles. The van der Waals surface area contributed by atoms with Crippen molar-refractivity contribution in [3.63, 3.8) is 0 Å². The Labute approximate surface area is 231 Å². The molecule has 2 aliphatic rings. The third-order valence-corrected chi connectivity index (χ3v) is 7.66. The molecule has 2 atom stereocenters. The van der Waals surface area contributed by atoms with Gasteiger partial charge in [-0.1, -0.05) is 25.5 Å². The van der Waals surface area contributed by atoms with E-state index in [0.717, 1.165) is 41.8 Å². The van der Waals surface area contributed by atoms with Gasteiger partial charge in [-0.15, -0.1) is 0 Å². The normalized spacial score (nSPS) is 19.0. The first-order valence-electron chi connectivity index (χ1n) is 12.8. The summed E-state index contributed by atoms with van der Waals surface area (Å²) >= 11 is 3.67. The Morgan fingerprint density at radius 2 is 2.05 bits per heavy atom. The highest BCUT2D eigenvalue weighted by Crippen LogP contribution is 2.46. The number of nitro benzene ring substituents is 1. The average molecular weight is 579 g/mol. The number of hydrogen-bond acceptors (Lipinski definition) is 7. The quantitative estimate of drug-likeness (QED) is 0.246. The number of nitro groups is 1. The van der Waals surface area contributed by atoms with Gasteiger partial charge in [0.25, 0.3) is 5.69 Å². The molecule has 0 aromatic heterocycles. The fraction of sp³-hybridized carbons (Fsp3) is 0.379. The van der Waals surface area contributed by atoms with Crippen LogP contribution in [0.3, 0.4) is 0 Å². The molecular formula is C29H31BrN4O4. The Bertz CT molecular complexity index is 1380. The minimum atomic E-state index is -0.479. The van der Waals surface area contributed by atoms with Crippen LogP contribution >= 0.6 is 15.9 Å². The highest BCUT2D eigenvalue weighted by molar-refractivity contribution is 9.10. The van der Waals surface area contributed by atoms with Crippen molar-refractivity contribution in [2.45, 2.75) is 58.9 Å². The maximum Gasteiger partial charge on any atom is 0.269 e. The fourth-order valence-corrected chi connectivity index (χ4v) is 5.99. The number of nitriles is 1. The predicted octanol–water partition coefficient (Wildman–Crippen LogP) is 6.89. The number of halogens is 1. The summed E-state index contributed by atoms with van der Waals surface area (Å²) < 4.78 is 6.71. The minimum Gasteiger partial charge on any atom is -0.492 e. The molecule has 1 aliphatic carbocycles. The van der Waals surface area contributed by atoms with Crippen LogP contribution in [-0.2, 0) is 11.3 Å². The van der Waals surface area contributed by atoms with E-state index in [1.165, 1.54) is 12.1 Å². The number of ether oxygens (including phenoxy) is 1. The average Bonchev–Trinajstić information content (AvgIpc) is 2.87. The molecule has 2 N–H and O–H groups in total. The standard InChI is InChI=1S/C29H31BrN4O4/c1-4-7-18-11-24-28(25(35)12-18)27(22(15-31)17(3)33-24)20-13-23(30)29(26(14-20)38-5-2)32-16-19-8-6-9-21(10-19)34(36)37/h6,8-10,13-14,18,27,32-33H,4-5,7,11-12,16H2,1-3H3. The first-order chi connectivity index (χ1) is 18.3. The summed E-state index contributed by atoms with van der Waals surface area (Å²) in [6, 6.07) is 12.6. The van der Waals surface area contributed by atoms with Crippen molar-refractivity contribution < 1.29 is 14.5 Å². The molecule has 4 rings (SSSR count). The minimum absolute atomic E-state index is 0.0308. The number of dihydropyridines is 1. The Hall–Kier alpha value is -3.64. The lowest BCUT2D eigenvalue weighted by atomic mass is 9.72. The van der Waals surface area contributed by atoms with Crippen molar-refractivity contribution in [1.82, 2.24) is 5.32 Å². The van der Waals surface area contributed by atoms with Gasteiger partial charge in [-0.05, 0) is 71.8 Å². The van der Waals surface area contributed by atoms with Crippen LogP contribution in [0.1, 0.15) is 63.5 Å². The van der Waals surface area contributed by atoms with Gasteiger partial charge in [-0.25, -0.2) is 0 Å². The van der Waals surface area contributed by atoms with Crippen LogP contribution in [-0.4, -0.2) is 17.3 Å². The van der Waals surface area contributed by atoms with Crippen LogP contribution in [0.2, 0.25) is 0 Å². The van der Waals surface area contributed by atoms with Crippen LogP contribution < -0.4 is 15.4 Å². The first kappa shape index (κ1) is 27.4. The number of non-ortho nitro benzene ring substituents is 1. The summed E-state index contributed by atoms with van der Waals surface area (Å²) in [5, 5.41) is 27.9. The predicted molar refractivity (Wildman–Crippen MR) is 150 cm³/mol.